The van der Waals surface area contributed by atoms with Gasteiger partial charge in [0.25, 0.3) is 0 Å². The van der Waals surface area contributed by atoms with Crippen LogP contribution in [0, 0.1) is 12.7 Å². The van der Waals surface area contributed by atoms with Crippen LogP contribution in [-0.4, -0.2) is 20.6 Å². The van der Waals surface area contributed by atoms with Crippen molar-refractivity contribution >= 4 is 16.9 Å². The van der Waals surface area contributed by atoms with Crippen molar-refractivity contribution in [1.82, 2.24) is 14.9 Å². The highest BCUT2D eigenvalue weighted by atomic mass is 19.1. The third-order valence-electron chi connectivity index (χ3n) is 4.24. The van der Waals surface area contributed by atoms with Crippen molar-refractivity contribution in [1.29, 1.82) is 0 Å². The molecule has 0 saturated carbocycles. The van der Waals surface area contributed by atoms with Crippen LogP contribution in [0.2, 0.25) is 0 Å². The van der Waals surface area contributed by atoms with Crippen LogP contribution in [0.5, 0.6) is 0 Å². The fourth-order valence-electron chi connectivity index (χ4n) is 2.93. The van der Waals surface area contributed by atoms with Gasteiger partial charge in [-0.3, -0.25) is 4.79 Å². The highest BCUT2D eigenvalue weighted by Gasteiger charge is 2.15. The van der Waals surface area contributed by atoms with E-state index in [9.17, 15) is 14.3 Å². The Bertz CT molecular complexity index is 920. The molecule has 0 fully saturated rings. The Balaban J connectivity index is 1.65. The lowest BCUT2D eigenvalue weighted by Crippen LogP contribution is -2.26. The monoisotopic (exact) mass is 341 g/mol. The van der Waals surface area contributed by atoms with Crippen LogP contribution in [0.3, 0.4) is 0 Å². The first kappa shape index (κ1) is 17.1. The molecule has 5 nitrogen and oxygen atoms in total. The van der Waals surface area contributed by atoms with Crippen molar-refractivity contribution in [2.45, 2.75) is 26.0 Å². The number of aromatic nitrogens is 2. The molecule has 3 rings (SSSR count). The fraction of sp³-hybridized carbons (Fsp3) is 0.263. The molecule has 1 amide bonds. The van der Waals surface area contributed by atoms with Crippen molar-refractivity contribution in [2.24, 2.45) is 7.05 Å². The Hall–Kier alpha value is -2.73. The zero-order chi connectivity index (χ0) is 18.0. The Morgan fingerprint density at radius 1 is 1.32 bits per heavy atom. The standard InChI is InChI=1S/C19H20FN3O2/c1-12-5-3-8-15-19(12)23(2)17(22-15)11-21-18(25)10-16(24)13-6-4-7-14(20)9-13/h3-9,16,24H,10-11H2,1-2H3,(H,21,25). The zero-order valence-electron chi connectivity index (χ0n) is 14.2. The summed E-state index contributed by atoms with van der Waals surface area (Å²) in [4.78, 5) is 16.6. The van der Waals surface area contributed by atoms with Crippen LogP contribution in [0.15, 0.2) is 42.5 Å². The normalized spacial score (nSPS) is 12.3. The van der Waals surface area contributed by atoms with Gasteiger partial charge in [-0.25, -0.2) is 9.37 Å². The van der Waals surface area contributed by atoms with Gasteiger partial charge in [-0.1, -0.05) is 24.3 Å². The number of aliphatic hydroxyl groups excluding tert-OH is 1. The van der Waals surface area contributed by atoms with Crippen molar-refractivity contribution < 1.29 is 14.3 Å². The quantitative estimate of drug-likeness (QED) is 0.750. The van der Waals surface area contributed by atoms with E-state index in [1.165, 1.54) is 18.2 Å². The van der Waals surface area contributed by atoms with Crippen molar-refractivity contribution in [3.05, 3.63) is 65.2 Å². The number of rotatable bonds is 5. The summed E-state index contributed by atoms with van der Waals surface area (Å²) >= 11 is 0. The van der Waals surface area contributed by atoms with E-state index in [1.807, 2.05) is 36.7 Å². The number of amides is 1. The first-order chi connectivity index (χ1) is 12.0. The van der Waals surface area contributed by atoms with Crippen LogP contribution in [-0.2, 0) is 18.4 Å². The Kier molecular flexibility index (Phi) is 4.81. The molecule has 0 bridgehead atoms. The van der Waals surface area contributed by atoms with Gasteiger partial charge in [0, 0.05) is 7.05 Å². The van der Waals surface area contributed by atoms with Gasteiger partial charge < -0.3 is 15.0 Å². The molecule has 1 unspecified atom stereocenters. The largest absolute Gasteiger partial charge is 0.388 e. The maximum absolute atomic E-state index is 13.2. The number of hydrogen-bond donors (Lipinski definition) is 2. The van der Waals surface area contributed by atoms with E-state index in [0.29, 0.717) is 5.56 Å². The maximum atomic E-state index is 13.2. The SMILES string of the molecule is Cc1cccc2nc(CNC(=O)CC(O)c3cccc(F)c3)n(C)c12. The smallest absolute Gasteiger partial charge is 0.223 e. The van der Waals surface area contributed by atoms with Gasteiger partial charge in [0.15, 0.2) is 0 Å². The van der Waals surface area contributed by atoms with Crippen molar-refractivity contribution in [2.75, 3.05) is 0 Å². The first-order valence-corrected chi connectivity index (χ1v) is 8.07. The van der Waals surface area contributed by atoms with E-state index in [0.717, 1.165) is 22.4 Å². The summed E-state index contributed by atoms with van der Waals surface area (Å²) < 4.78 is 15.1. The predicted octanol–water partition coefficient (Wildman–Crippen LogP) is 2.76. The zero-order valence-corrected chi connectivity index (χ0v) is 14.2. The second-order valence-electron chi connectivity index (χ2n) is 6.08. The summed E-state index contributed by atoms with van der Waals surface area (Å²) in [6.07, 6.45) is -1.18. The number of carbonyl (C=O) groups excluding carboxylic acids is 1. The van der Waals surface area contributed by atoms with Gasteiger partial charge >= 0.3 is 0 Å². The second kappa shape index (κ2) is 7.03. The number of imidazole rings is 1. The molecule has 0 saturated heterocycles. The number of para-hydroxylation sites is 1. The lowest BCUT2D eigenvalue weighted by Gasteiger charge is -2.11. The van der Waals surface area contributed by atoms with E-state index in [4.69, 9.17) is 0 Å². The third kappa shape index (κ3) is 3.69. The molecule has 1 atom stereocenters. The fourth-order valence-corrected chi connectivity index (χ4v) is 2.93. The molecular formula is C19H20FN3O2. The van der Waals surface area contributed by atoms with Gasteiger partial charge in [0.1, 0.15) is 11.6 Å². The maximum Gasteiger partial charge on any atom is 0.223 e. The molecule has 2 aromatic carbocycles. The third-order valence-corrected chi connectivity index (χ3v) is 4.24. The summed E-state index contributed by atoms with van der Waals surface area (Å²) in [5, 5.41) is 12.8. The molecule has 130 valence electrons. The Labute approximate surface area is 145 Å². The molecule has 3 aromatic rings. The summed E-state index contributed by atoms with van der Waals surface area (Å²) in [6, 6.07) is 11.5. The number of aryl methyl sites for hydroxylation is 2. The lowest BCUT2D eigenvalue weighted by molar-refractivity contribution is -0.123. The van der Waals surface area contributed by atoms with Crippen LogP contribution in [0.4, 0.5) is 4.39 Å². The van der Waals surface area contributed by atoms with E-state index >= 15 is 0 Å². The molecule has 6 heteroatoms. The molecule has 0 aliphatic carbocycles. The lowest BCUT2D eigenvalue weighted by atomic mass is 10.1. The first-order valence-electron chi connectivity index (χ1n) is 8.07. The Morgan fingerprint density at radius 2 is 2.08 bits per heavy atom. The van der Waals surface area contributed by atoms with E-state index in [1.54, 1.807) is 6.07 Å². The van der Waals surface area contributed by atoms with Crippen LogP contribution >= 0.6 is 0 Å². The van der Waals surface area contributed by atoms with Crippen LogP contribution in [0.1, 0.15) is 29.5 Å². The number of carbonyl (C=O) groups is 1. The summed E-state index contributed by atoms with van der Waals surface area (Å²) in [5.74, 6) is -0.0227. The minimum absolute atomic E-state index is 0.133. The minimum atomic E-state index is -1.04. The Morgan fingerprint density at radius 3 is 2.80 bits per heavy atom. The van der Waals surface area contributed by atoms with Crippen LogP contribution < -0.4 is 5.32 Å². The highest BCUT2D eigenvalue weighted by Crippen LogP contribution is 2.19. The molecule has 1 aromatic heterocycles. The molecule has 25 heavy (non-hydrogen) atoms. The average Bonchev–Trinajstić information content (AvgIpc) is 2.90. The molecular weight excluding hydrogens is 321 g/mol. The van der Waals surface area contributed by atoms with Gasteiger partial charge in [-0.2, -0.15) is 0 Å². The van der Waals surface area contributed by atoms with E-state index in [2.05, 4.69) is 10.3 Å². The van der Waals surface area contributed by atoms with Gasteiger partial charge in [-0.15, -0.1) is 0 Å². The summed E-state index contributed by atoms with van der Waals surface area (Å²) in [6.45, 7) is 2.28. The molecule has 0 radical (unpaired) electrons. The van der Waals surface area contributed by atoms with Gasteiger partial charge in [0.2, 0.25) is 5.91 Å². The molecule has 1 heterocycles. The predicted molar refractivity (Wildman–Crippen MR) is 93.3 cm³/mol. The summed E-state index contributed by atoms with van der Waals surface area (Å²) in [7, 11) is 1.91. The number of benzene rings is 2. The number of hydrogen-bond acceptors (Lipinski definition) is 3. The number of halogens is 1. The van der Waals surface area contributed by atoms with E-state index < -0.39 is 11.9 Å². The summed E-state index contributed by atoms with van der Waals surface area (Å²) in [5.41, 5.74) is 3.41. The van der Waals surface area contributed by atoms with Gasteiger partial charge in [-0.05, 0) is 36.2 Å². The number of fused-ring (bicyclic) bond motifs is 1. The van der Waals surface area contributed by atoms with Gasteiger partial charge in [0.05, 0.1) is 30.1 Å². The van der Waals surface area contributed by atoms with Crippen LogP contribution in [0.25, 0.3) is 11.0 Å². The highest BCUT2D eigenvalue weighted by molar-refractivity contribution is 5.80. The molecule has 2 N–H and O–H groups in total. The second-order valence-corrected chi connectivity index (χ2v) is 6.08. The number of aliphatic hydroxyl groups is 1. The van der Waals surface area contributed by atoms with Crippen molar-refractivity contribution in [3.8, 4) is 0 Å². The number of nitrogens with one attached hydrogen (secondary N) is 1. The topological polar surface area (TPSA) is 67.2 Å². The molecule has 0 aliphatic heterocycles. The molecule has 0 aliphatic rings. The number of nitrogens with zero attached hydrogens (tertiary/aromatic N) is 2. The van der Waals surface area contributed by atoms with Crippen molar-refractivity contribution in [3.63, 3.8) is 0 Å². The minimum Gasteiger partial charge on any atom is -0.388 e. The molecule has 0 spiro atoms. The van der Waals surface area contributed by atoms with E-state index in [-0.39, 0.29) is 18.9 Å². The average molecular weight is 341 g/mol.